The van der Waals surface area contributed by atoms with Crippen LogP contribution in [0.5, 0.6) is 0 Å². The summed E-state index contributed by atoms with van der Waals surface area (Å²) in [6.07, 6.45) is 0.580. The first-order chi connectivity index (χ1) is 17.1. The Morgan fingerprint density at radius 2 is 1.57 bits per heavy atom. The number of carbonyl (C=O) groups is 4. The predicted molar refractivity (Wildman–Crippen MR) is 141 cm³/mol. The summed E-state index contributed by atoms with van der Waals surface area (Å²) in [5, 5.41) is 5.03. The number of nitrogens with zero attached hydrogens (tertiary/aromatic N) is 1. The number of rotatable bonds is 11. The van der Waals surface area contributed by atoms with Gasteiger partial charge in [0.25, 0.3) is 5.91 Å². The highest BCUT2D eigenvalue weighted by Gasteiger charge is 2.31. The van der Waals surface area contributed by atoms with E-state index in [-0.39, 0.29) is 17.4 Å². The van der Waals surface area contributed by atoms with Gasteiger partial charge in [-0.15, -0.1) is 0 Å². The number of alkyl carbamates (subject to hydrolysis) is 1. The van der Waals surface area contributed by atoms with Crippen LogP contribution in [0.1, 0.15) is 48.5 Å². The van der Waals surface area contributed by atoms with Crippen LogP contribution in [0.2, 0.25) is 0 Å². The molecule has 1 aromatic rings. The Kier molecular flexibility index (Phi) is 12.0. The first-order valence-corrected chi connectivity index (χ1v) is 13.7. The SMILES string of the molecule is C=CCOC(=O)[C@@H](NC(=O)CS(=O)(=NC(=O)[C@@H](NC(=O)OC(C)(C)C)C(C)C)c1ccccc1)C(C)C. The van der Waals surface area contributed by atoms with E-state index in [0.717, 1.165) is 0 Å². The number of hydrogen-bond donors (Lipinski definition) is 2. The number of nitrogens with one attached hydrogen (secondary N) is 2. The Hall–Kier alpha value is -3.21. The molecule has 10 nitrogen and oxygen atoms in total. The fraction of sp³-hybridized carbons (Fsp3) is 0.538. The minimum Gasteiger partial charge on any atom is -0.460 e. The van der Waals surface area contributed by atoms with Gasteiger partial charge in [0.15, 0.2) is 0 Å². The van der Waals surface area contributed by atoms with Crippen LogP contribution in [-0.2, 0) is 33.6 Å². The zero-order valence-electron chi connectivity index (χ0n) is 22.6. The second-order valence-electron chi connectivity index (χ2n) is 10.1. The third-order valence-electron chi connectivity index (χ3n) is 4.86. The van der Waals surface area contributed by atoms with E-state index >= 15 is 0 Å². The highest BCUT2D eigenvalue weighted by molar-refractivity contribution is 7.94. The third kappa shape index (κ3) is 10.7. The highest BCUT2D eigenvalue weighted by atomic mass is 32.2. The second kappa shape index (κ2) is 13.9. The lowest BCUT2D eigenvalue weighted by molar-refractivity contribution is -0.147. The summed E-state index contributed by atoms with van der Waals surface area (Å²) in [5.41, 5.74) is -0.790. The van der Waals surface area contributed by atoms with Crippen molar-refractivity contribution in [3.63, 3.8) is 0 Å². The summed E-state index contributed by atoms with van der Waals surface area (Å²) in [7, 11) is -3.63. The molecule has 0 aliphatic heterocycles. The molecule has 2 N–H and O–H groups in total. The lowest BCUT2D eigenvalue weighted by Crippen LogP contribution is -2.48. The highest BCUT2D eigenvalue weighted by Crippen LogP contribution is 2.17. The topological polar surface area (TPSA) is 140 Å². The molecule has 11 heteroatoms. The fourth-order valence-corrected chi connectivity index (χ4v) is 4.84. The molecule has 0 aromatic heterocycles. The summed E-state index contributed by atoms with van der Waals surface area (Å²) in [5.74, 6) is -3.70. The number of hydrogen-bond acceptors (Lipinski definition) is 7. The van der Waals surface area contributed by atoms with Crippen molar-refractivity contribution in [2.75, 3.05) is 12.4 Å². The largest absolute Gasteiger partial charge is 0.460 e. The third-order valence-corrected chi connectivity index (χ3v) is 7.00. The molecule has 37 heavy (non-hydrogen) atoms. The monoisotopic (exact) mass is 537 g/mol. The molecule has 0 saturated carbocycles. The van der Waals surface area contributed by atoms with Gasteiger partial charge in [0.05, 0.1) is 9.73 Å². The van der Waals surface area contributed by atoms with E-state index in [2.05, 4.69) is 21.6 Å². The van der Waals surface area contributed by atoms with Gasteiger partial charge in [0, 0.05) is 4.90 Å². The van der Waals surface area contributed by atoms with E-state index < -0.39 is 63.0 Å². The van der Waals surface area contributed by atoms with Gasteiger partial charge in [-0.05, 0) is 44.7 Å². The van der Waals surface area contributed by atoms with Gasteiger partial charge in [-0.1, -0.05) is 58.5 Å². The van der Waals surface area contributed by atoms with Crippen LogP contribution in [0.4, 0.5) is 4.79 Å². The molecule has 1 unspecified atom stereocenters. The van der Waals surface area contributed by atoms with E-state index in [1.165, 1.54) is 18.2 Å². The van der Waals surface area contributed by atoms with Gasteiger partial charge in [0.1, 0.15) is 30.0 Å². The number of ether oxygens (including phenoxy) is 2. The van der Waals surface area contributed by atoms with Gasteiger partial charge in [-0.25, -0.2) is 13.8 Å². The summed E-state index contributed by atoms with van der Waals surface area (Å²) in [6.45, 7) is 15.3. The molecule has 206 valence electrons. The minimum absolute atomic E-state index is 0.0241. The molecule has 1 rings (SSSR count). The predicted octanol–water partition coefficient (Wildman–Crippen LogP) is 3.46. The quantitative estimate of drug-likeness (QED) is 0.325. The van der Waals surface area contributed by atoms with E-state index in [1.54, 1.807) is 66.7 Å². The van der Waals surface area contributed by atoms with Crippen molar-refractivity contribution in [2.45, 2.75) is 71.0 Å². The second-order valence-corrected chi connectivity index (χ2v) is 12.3. The van der Waals surface area contributed by atoms with Crippen LogP contribution in [0, 0.1) is 11.8 Å². The van der Waals surface area contributed by atoms with Crippen molar-refractivity contribution in [1.29, 1.82) is 0 Å². The molecule has 0 saturated heterocycles. The molecular weight excluding hydrogens is 498 g/mol. The number of amides is 3. The first kappa shape index (κ1) is 31.8. The molecule has 0 heterocycles. The molecule has 0 fully saturated rings. The van der Waals surface area contributed by atoms with Gasteiger partial charge in [0.2, 0.25) is 5.91 Å². The number of carbonyl (C=O) groups excluding carboxylic acids is 4. The van der Waals surface area contributed by atoms with Crippen LogP contribution < -0.4 is 10.6 Å². The maximum Gasteiger partial charge on any atom is 0.408 e. The van der Waals surface area contributed by atoms with Crippen molar-refractivity contribution in [2.24, 2.45) is 16.2 Å². The first-order valence-electron chi connectivity index (χ1n) is 12.0. The van der Waals surface area contributed by atoms with E-state index in [4.69, 9.17) is 9.47 Å². The molecule has 0 aliphatic carbocycles. The van der Waals surface area contributed by atoms with Crippen molar-refractivity contribution in [1.82, 2.24) is 10.6 Å². The standard InChI is InChI=1S/C26H39N3O7S/c1-9-15-35-24(32)22(18(4)5)27-20(30)16-37(34,19-13-11-10-12-14-19)29-23(31)21(17(2)3)28-25(33)36-26(6,7)8/h9-14,17-18,21-22H,1,15-16H2,2-8H3,(H,27,30)(H,28,33)/t21-,22-,37?/m0/s1. The van der Waals surface area contributed by atoms with Crippen LogP contribution >= 0.6 is 0 Å². The van der Waals surface area contributed by atoms with Gasteiger partial charge < -0.3 is 20.1 Å². The van der Waals surface area contributed by atoms with E-state index in [1.807, 2.05) is 0 Å². The molecule has 3 amide bonds. The van der Waals surface area contributed by atoms with Gasteiger partial charge in [-0.3, -0.25) is 9.59 Å². The Morgan fingerprint density at radius 3 is 2.05 bits per heavy atom. The maximum absolute atomic E-state index is 14.0. The van der Waals surface area contributed by atoms with Crippen LogP contribution in [0.3, 0.4) is 0 Å². The average molecular weight is 538 g/mol. The molecule has 0 aliphatic rings. The van der Waals surface area contributed by atoms with Crippen molar-refractivity contribution in [3.05, 3.63) is 43.0 Å². The van der Waals surface area contributed by atoms with E-state index in [9.17, 15) is 23.4 Å². The smallest absolute Gasteiger partial charge is 0.408 e. The minimum atomic E-state index is -3.63. The molecular formula is C26H39N3O7S. The van der Waals surface area contributed by atoms with Gasteiger partial charge in [-0.2, -0.15) is 4.36 Å². The normalized spacial score (nSPS) is 14.6. The van der Waals surface area contributed by atoms with Crippen LogP contribution in [-0.4, -0.2) is 58.1 Å². The lowest BCUT2D eigenvalue weighted by atomic mass is 10.0. The molecule has 0 bridgehead atoms. The average Bonchev–Trinajstić information content (AvgIpc) is 2.78. The van der Waals surface area contributed by atoms with Crippen LogP contribution in [0.15, 0.2) is 52.2 Å². The molecule has 0 radical (unpaired) electrons. The maximum atomic E-state index is 14.0. The fourth-order valence-electron chi connectivity index (χ4n) is 3.07. The Labute approximate surface area is 219 Å². The summed E-state index contributed by atoms with van der Waals surface area (Å²) < 4.78 is 28.3. The number of esters is 1. The van der Waals surface area contributed by atoms with Gasteiger partial charge >= 0.3 is 12.1 Å². The van der Waals surface area contributed by atoms with Crippen LogP contribution in [0.25, 0.3) is 0 Å². The number of benzene rings is 1. The molecule has 1 aromatic carbocycles. The Bertz CT molecular complexity index is 1090. The lowest BCUT2D eigenvalue weighted by Gasteiger charge is -2.24. The summed E-state index contributed by atoms with van der Waals surface area (Å²) in [6, 6.07) is 5.76. The molecule has 3 atom stereocenters. The van der Waals surface area contributed by atoms with Crippen molar-refractivity contribution >= 4 is 33.6 Å². The zero-order chi connectivity index (χ0) is 28.4. The Morgan fingerprint density at radius 1 is 1.00 bits per heavy atom. The summed E-state index contributed by atoms with van der Waals surface area (Å²) >= 11 is 0. The summed E-state index contributed by atoms with van der Waals surface area (Å²) in [4.78, 5) is 51.0. The Balaban J connectivity index is 3.33. The van der Waals surface area contributed by atoms with Crippen molar-refractivity contribution in [3.8, 4) is 0 Å². The van der Waals surface area contributed by atoms with Crippen molar-refractivity contribution < 1.29 is 32.9 Å². The van der Waals surface area contributed by atoms with E-state index in [0.29, 0.717) is 0 Å². The zero-order valence-corrected chi connectivity index (χ0v) is 23.4. The molecule has 0 spiro atoms.